The van der Waals surface area contributed by atoms with Gasteiger partial charge in [-0.2, -0.15) is 11.3 Å². The molecular weight excluding hydrogens is 402 g/mol. The zero-order chi connectivity index (χ0) is 15.6. The van der Waals surface area contributed by atoms with Gasteiger partial charge in [-0.15, -0.1) is 11.3 Å². The molecule has 0 aliphatic rings. The first kappa shape index (κ1) is 15.9. The maximum absolute atomic E-state index is 12.3. The minimum Gasteiger partial charge on any atom is -0.206 e. The van der Waals surface area contributed by atoms with Crippen LogP contribution in [0.1, 0.15) is 5.56 Å². The Kier molecular flexibility index (Phi) is 4.79. The van der Waals surface area contributed by atoms with Crippen molar-refractivity contribution < 1.29 is 8.42 Å². The van der Waals surface area contributed by atoms with Crippen LogP contribution in [-0.4, -0.2) is 8.42 Å². The predicted molar refractivity (Wildman–Crippen MR) is 95.8 cm³/mol. The number of nitrogens with one attached hydrogen (secondary N) is 1. The Bertz CT molecular complexity index is 870. The maximum atomic E-state index is 12.3. The fourth-order valence-corrected chi connectivity index (χ4v) is 5.78. The van der Waals surface area contributed by atoms with E-state index in [1.54, 1.807) is 23.5 Å². The first-order chi connectivity index (χ1) is 10.6. The smallest absolute Gasteiger partial charge is 0.206 e. The number of hydrogen-bond donors (Lipinski definition) is 1. The van der Waals surface area contributed by atoms with E-state index in [9.17, 15) is 8.42 Å². The Morgan fingerprint density at radius 2 is 1.91 bits per heavy atom. The number of benzene rings is 1. The minimum absolute atomic E-state index is 0.268. The monoisotopic (exact) mass is 413 g/mol. The zero-order valence-corrected chi connectivity index (χ0v) is 15.4. The van der Waals surface area contributed by atoms with Crippen LogP contribution in [0, 0.1) is 0 Å². The Balaban J connectivity index is 1.83. The van der Waals surface area contributed by atoms with Crippen molar-refractivity contribution in [2.75, 3.05) is 0 Å². The molecule has 3 nitrogen and oxygen atoms in total. The van der Waals surface area contributed by atoms with Crippen LogP contribution in [0.25, 0.3) is 11.1 Å². The van der Waals surface area contributed by atoms with Crippen LogP contribution in [0.2, 0.25) is 0 Å². The number of hydrogen-bond acceptors (Lipinski definition) is 4. The standard InChI is InChI=1S/C15H12BrNO2S3/c16-14-5-6-15(21-14)22(18,19)17-9-11-3-1-2-4-13(11)12-7-8-20-10-12/h1-8,10,17H,9H2. The van der Waals surface area contributed by atoms with Crippen LogP contribution in [0.5, 0.6) is 0 Å². The topological polar surface area (TPSA) is 46.2 Å². The van der Waals surface area contributed by atoms with Crippen LogP contribution in [0.4, 0.5) is 0 Å². The second-order valence-corrected chi connectivity index (χ2v) is 9.79. The van der Waals surface area contributed by atoms with E-state index >= 15 is 0 Å². The van der Waals surface area contributed by atoms with Crippen molar-refractivity contribution in [1.29, 1.82) is 0 Å². The van der Waals surface area contributed by atoms with Gasteiger partial charge in [-0.05, 0) is 61.6 Å². The summed E-state index contributed by atoms with van der Waals surface area (Å²) in [6.45, 7) is 0.268. The Morgan fingerprint density at radius 1 is 1.09 bits per heavy atom. The van der Waals surface area contributed by atoms with Gasteiger partial charge in [0.1, 0.15) is 4.21 Å². The molecule has 2 heterocycles. The van der Waals surface area contributed by atoms with Gasteiger partial charge in [-0.1, -0.05) is 24.3 Å². The summed E-state index contributed by atoms with van der Waals surface area (Å²) in [5.41, 5.74) is 3.12. The van der Waals surface area contributed by atoms with E-state index in [4.69, 9.17) is 0 Å². The summed E-state index contributed by atoms with van der Waals surface area (Å²) in [7, 11) is -3.48. The quantitative estimate of drug-likeness (QED) is 0.657. The van der Waals surface area contributed by atoms with E-state index in [1.807, 2.05) is 35.7 Å². The van der Waals surface area contributed by atoms with Crippen molar-refractivity contribution in [2.24, 2.45) is 0 Å². The van der Waals surface area contributed by atoms with E-state index in [0.717, 1.165) is 20.5 Å². The molecule has 3 rings (SSSR count). The fourth-order valence-electron chi connectivity index (χ4n) is 2.06. The van der Waals surface area contributed by atoms with Gasteiger partial charge in [-0.3, -0.25) is 0 Å². The molecule has 22 heavy (non-hydrogen) atoms. The highest BCUT2D eigenvalue weighted by Gasteiger charge is 2.17. The molecule has 0 fully saturated rings. The molecule has 0 aliphatic heterocycles. The lowest BCUT2D eigenvalue weighted by atomic mass is 10.0. The zero-order valence-electron chi connectivity index (χ0n) is 11.3. The molecule has 1 N–H and O–H groups in total. The lowest BCUT2D eigenvalue weighted by Gasteiger charge is -2.09. The molecule has 1 aromatic carbocycles. The van der Waals surface area contributed by atoms with Crippen molar-refractivity contribution in [3.05, 3.63) is 62.6 Å². The fraction of sp³-hybridized carbons (Fsp3) is 0.0667. The Hall–Kier alpha value is -0.990. The third-order valence-corrected chi connectivity index (χ3v) is 7.32. The summed E-state index contributed by atoms with van der Waals surface area (Å²) < 4.78 is 28.4. The molecule has 114 valence electrons. The Labute approximate surface area is 145 Å². The lowest BCUT2D eigenvalue weighted by Crippen LogP contribution is -2.22. The highest BCUT2D eigenvalue weighted by Crippen LogP contribution is 2.28. The van der Waals surface area contributed by atoms with Crippen LogP contribution in [0.3, 0.4) is 0 Å². The summed E-state index contributed by atoms with van der Waals surface area (Å²) in [6, 6.07) is 13.2. The highest BCUT2D eigenvalue weighted by atomic mass is 79.9. The van der Waals surface area contributed by atoms with Gasteiger partial charge in [-0.25, -0.2) is 13.1 Å². The SMILES string of the molecule is O=S(=O)(NCc1ccccc1-c1ccsc1)c1ccc(Br)s1. The first-order valence-electron chi connectivity index (χ1n) is 6.42. The molecule has 3 aromatic rings. The van der Waals surface area contributed by atoms with E-state index in [0.29, 0.717) is 4.21 Å². The maximum Gasteiger partial charge on any atom is 0.250 e. The molecule has 7 heteroatoms. The van der Waals surface area contributed by atoms with Gasteiger partial charge in [0.25, 0.3) is 0 Å². The summed E-state index contributed by atoms with van der Waals surface area (Å²) in [4.78, 5) is 0. The van der Waals surface area contributed by atoms with Crippen molar-refractivity contribution >= 4 is 48.6 Å². The molecule has 2 aromatic heterocycles. The number of thiophene rings is 2. The summed E-state index contributed by atoms with van der Waals surface area (Å²) in [5, 5.41) is 4.07. The average molecular weight is 414 g/mol. The lowest BCUT2D eigenvalue weighted by molar-refractivity contribution is 0.583. The number of sulfonamides is 1. The number of halogens is 1. The van der Waals surface area contributed by atoms with Crippen LogP contribution in [0.15, 0.2) is 61.2 Å². The number of rotatable bonds is 5. The summed E-state index contributed by atoms with van der Waals surface area (Å²) in [6.07, 6.45) is 0. The van der Waals surface area contributed by atoms with Gasteiger partial charge >= 0.3 is 0 Å². The summed E-state index contributed by atoms with van der Waals surface area (Å²) in [5.74, 6) is 0. The van der Waals surface area contributed by atoms with Crippen LogP contribution >= 0.6 is 38.6 Å². The van der Waals surface area contributed by atoms with Gasteiger partial charge in [0, 0.05) is 6.54 Å². The largest absolute Gasteiger partial charge is 0.250 e. The molecule has 0 spiro atoms. The van der Waals surface area contributed by atoms with Gasteiger partial charge < -0.3 is 0 Å². The molecular formula is C15H12BrNO2S3. The van der Waals surface area contributed by atoms with E-state index in [1.165, 1.54) is 11.3 Å². The third kappa shape index (κ3) is 3.49. The normalized spacial score (nSPS) is 11.7. The highest BCUT2D eigenvalue weighted by molar-refractivity contribution is 9.11. The predicted octanol–water partition coefficient (Wildman–Crippen LogP) is 4.72. The van der Waals surface area contributed by atoms with Gasteiger partial charge in [0.2, 0.25) is 10.0 Å². The van der Waals surface area contributed by atoms with Crippen LogP contribution < -0.4 is 4.72 Å². The second-order valence-electron chi connectivity index (χ2n) is 4.55. The third-order valence-electron chi connectivity index (χ3n) is 3.12. The van der Waals surface area contributed by atoms with Crippen molar-refractivity contribution in [1.82, 2.24) is 4.72 Å². The van der Waals surface area contributed by atoms with Crippen molar-refractivity contribution in [2.45, 2.75) is 10.8 Å². The van der Waals surface area contributed by atoms with Crippen molar-refractivity contribution in [3.63, 3.8) is 0 Å². The molecule has 0 aliphatic carbocycles. The second kappa shape index (κ2) is 6.64. The summed E-state index contributed by atoms with van der Waals surface area (Å²) >= 11 is 6.11. The van der Waals surface area contributed by atoms with Crippen molar-refractivity contribution in [3.8, 4) is 11.1 Å². The van der Waals surface area contributed by atoms with Gasteiger partial charge in [0.15, 0.2) is 0 Å². The van der Waals surface area contributed by atoms with E-state index in [-0.39, 0.29) is 6.54 Å². The molecule has 0 saturated carbocycles. The molecule has 0 saturated heterocycles. The molecule has 0 bridgehead atoms. The average Bonchev–Trinajstić information content (AvgIpc) is 3.17. The Morgan fingerprint density at radius 3 is 2.59 bits per heavy atom. The first-order valence-corrected chi connectivity index (χ1v) is 10.5. The van der Waals surface area contributed by atoms with E-state index < -0.39 is 10.0 Å². The molecule has 0 radical (unpaired) electrons. The van der Waals surface area contributed by atoms with E-state index in [2.05, 4.69) is 26.0 Å². The molecule has 0 unspecified atom stereocenters. The molecule has 0 amide bonds. The molecule has 0 atom stereocenters. The minimum atomic E-state index is -3.48. The van der Waals surface area contributed by atoms with Gasteiger partial charge in [0.05, 0.1) is 3.79 Å². The van der Waals surface area contributed by atoms with Crippen LogP contribution in [-0.2, 0) is 16.6 Å².